The van der Waals surface area contributed by atoms with Crippen molar-refractivity contribution in [3.8, 4) is 62.0 Å². The number of benzene rings is 4. The molecule has 0 saturated carbocycles. The number of carbonyl (C=O) groups excluding carboxylic acids is 2. The van der Waals surface area contributed by atoms with Gasteiger partial charge >= 0.3 is 0 Å². The number of hydrogen-bond acceptors (Lipinski definition) is 18. The number of nitrogens with one attached hydrogen (secondary N) is 2. The molecule has 21 nitrogen and oxygen atoms in total. The summed E-state index contributed by atoms with van der Waals surface area (Å²) in [5.74, 6) is 4.47. The van der Waals surface area contributed by atoms with E-state index in [2.05, 4.69) is 60.2 Å². The second kappa shape index (κ2) is 27.2. The molecule has 3 N–H and O–H groups in total. The van der Waals surface area contributed by atoms with Crippen molar-refractivity contribution in [2.45, 2.75) is 74.7 Å². The third-order valence-corrected chi connectivity index (χ3v) is 16.2. The molecule has 2 aliphatic heterocycles. The fraction of sp³-hybridized carbons (Fsp3) is 0.313. The molecule has 2 fully saturated rings. The summed E-state index contributed by atoms with van der Waals surface area (Å²) in [6.07, 6.45) is 7.68. The number of rotatable bonds is 9. The molecule has 10 heterocycles. The maximum atomic E-state index is 13.6. The SMILES string of the molecule is CC.CN1CCCCC1.COc1cc2c(cc1-c1c(C)noc1C)[nH]c1nc(C)nc(-c3ccc(C(=O)N4CCN(C)CC4)c4ncccc34)c12.COc1cc2c(cc1-c1c(C)noc1C)[nH]c1nc(C)nc(-c3ccc(OC=O)c4ncccc34)c12.[3H][B]O. The van der Waals surface area contributed by atoms with Crippen molar-refractivity contribution in [2.24, 2.45) is 0 Å². The number of likely N-dealkylation sites (tertiary alicyclic amines) is 1. The van der Waals surface area contributed by atoms with E-state index in [4.69, 9.17) is 49.6 Å². The molecular formula is C67H73BN13O8. The van der Waals surface area contributed by atoms with E-state index >= 15 is 0 Å². The number of ether oxygens (including phenoxy) is 3. The van der Waals surface area contributed by atoms with Gasteiger partial charge < -0.3 is 52.9 Å². The Hall–Kier alpha value is -9.64. The standard InChI is InChI=1S/C32H31N7O3.C27H21N5O4.C6H13N.C2H6.BH2O/c1-17-27(18(2)42-37-17)24-15-25-23(16-26(24)41-5)28-30(34-19(3)35-31(28)36-25)21-8-9-22(29-20(21)7-6-10-33-29)32(40)39-13-11-38(4)12-14-39;1-13-23(14(2)36-32-13)19-10-20-18(11-22(19)34-4)24-26(29-15(3)30-27(24)31-20)17-7-8-21(35-12-33)25-16(17)6-5-9-28-25;1-7-5-3-2-4-6-7;2*1-2/h6-10,15-16H,11-14H2,1-5H3,(H,34,35,36);5-12H,1-4H3,(H,29,30,31);2-6H2,1H3;1-2H3;1-2H/i;;;;1T. The van der Waals surface area contributed by atoms with E-state index in [0.717, 1.165) is 124 Å². The number of amides is 1. The summed E-state index contributed by atoms with van der Waals surface area (Å²) in [6, 6.07) is 23.3. The number of carbonyl (C=O) groups is 2. The smallest absolute Gasteiger partial charge is 0.298 e. The summed E-state index contributed by atoms with van der Waals surface area (Å²) < 4.78 is 33.3. The van der Waals surface area contributed by atoms with Gasteiger partial charge in [0.2, 0.25) is 0 Å². The van der Waals surface area contributed by atoms with E-state index in [-0.39, 0.29) is 13.9 Å². The fourth-order valence-corrected chi connectivity index (χ4v) is 12.0. The first-order valence-electron chi connectivity index (χ1n) is 30.2. The van der Waals surface area contributed by atoms with Crippen molar-refractivity contribution in [2.75, 3.05) is 67.6 Å². The number of aromatic nitrogens is 10. The number of piperazine rings is 1. The van der Waals surface area contributed by atoms with Gasteiger partial charge in [0.25, 0.3) is 20.4 Å². The fourth-order valence-electron chi connectivity index (χ4n) is 12.0. The third-order valence-electron chi connectivity index (χ3n) is 16.2. The Balaban J connectivity index is 0.000000169. The molecule has 22 heteroatoms. The number of aromatic amines is 2. The predicted molar refractivity (Wildman–Crippen MR) is 349 cm³/mol. The monoisotopic (exact) mass is 1200 g/mol. The van der Waals surface area contributed by atoms with Crippen molar-refractivity contribution < 1.29 is 37.9 Å². The zero-order chi connectivity index (χ0) is 63.9. The minimum atomic E-state index is 0.00560. The minimum Gasteiger partial charge on any atom is -0.496 e. The summed E-state index contributed by atoms with van der Waals surface area (Å²) in [7, 11) is 7.83. The molecule has 89 heavy (non-hydrogen) atoms. The number of piperidine rings is 1. The molecule has 1 amide bonds. The van der Waals surface area contributed by atoms with Crippen molar-refractivity contribution in [1.82, 2.24) is 64.9 Å². The molecule has 2 saturated heterocycles. The van der Waals surface area contributed by atoms with Crippen LogP contribution in [-0.4, -0.2) is 159 Å². The Bertz CT molecular complexity index is 4550. The van der Waals surface area contributed by atoms with Crippen molar-refractivity contribution in [3.63, 3.8) is 0 Å². The summed E-state index contributed by atoms with van der Waals surface area (Å²) in [4.78, 5) is 66.5. The van der Waals surface area contributed by atoms with Crippen LogP contribution in [0, 0.1) is 41.5 Å². The van der Waals surface area contributed by atoms with E-state index in [1.807, 2.05) is 121 Å². The highest BCUT2D eigenvalue weighted by molar-refractivity contribution is 6.18. The van der Waals surface area contributed by atoms with Gasteiger partial charge in [0, 0.05) is 94.7 Å². The van der Waals surface area contributed by atoms with Gasteiger partial charge in [0.15, 0.2) is 5.75 Å². The van der Waals surface area contributed by atoms with Crippen LogP contribution in [-0.2, 0) is 4.79 Å². The lowest BCUT2D eigenvalue weighted by atomic mass is 9.97. The van der Waals surface area contributed by atoms with Crippen LogP contribution in [0.25, 0.3) is 110 Å². The normalized spacial score (nSPS) is 13.6. The highest BCUT2D eigenvalue weighted by Crippen LogP contribution is 2.45. The van der Waals surface area contributed by atoms with Gasteiger partial charge in [-0.25, -0.2) is 19.9 Å². The molecule has 8 aromatic heterocycles. The number of fused-ring (bicyclic) bond motifs is 8. The zero-order valence-electron chi connectivity index (χ0n) is 53.3. The summed E-state index contributed by atoms with van der Waals surface area (Å²) >= 11 is 0. The topological polar surface area (TPSA) is 253 Å². The maximum Gasteiger partial charge on any atom is 0.298 e. The van der Waals surface area contributed by atoms with Crippen LogP contribution in [0.4, 0.5) is 0 Å². The quantitative estimate of drug-likeness (QED) is 0.0897. The molecule has 0 aliphatic carbocycles. The molecule has 12 aromatic rings. The van der Waals surface area contributed by atoms with Gasteiger partial charge in [0.1, 0.15) is 51.5 Å². The largest absolute Gasteiger partial charge is 0.496 e. The Kier molecular flexibility index (Phi) is 18.6. The van der Waals surface area contributed by atoms with Gasteiger partial charge in [-0.05, 0) is 136 Å². The summed E-state index contributed by atoms with van der Waals surface area (Å²) in [6.45, 7) is 21.5. The Morgan fingerprint density at radius 3 is 1.53 bits per heavy atom. The number of hydrogen-bond donors (Lipinski definition) is 3. The Morgan fingerprint density at radius 1 is 0.607 bits per heavy atom. The van der Waals surface area contributed by atoms with Gasteiger partial charge in [-0.15, -0.1) is 0 Å². The van der Waals surface area contributed by atoms with E-state index in [9.17, 15) is 9.59 Å². The molecule has 4 aromatic carbocycles. The number of pyridine rings is 2. The lowest BCUT2D eigenvalue weighted by Crippen LogP contribution is -2.47. The first-order chi connectivity index (χ1) is 43.6. The Labute approximate surface area is 517 Å². The average molecular weight is 1200 g/mol. The minimum absolute atomic E-state index is 0.00560. The first kappa shape index (κ1) is 61.0. The molecule has 0 unspecified atom stereocenters. The van der Waals surface area contributed by atoms with Crippen LogP contribution in [0.15, 0.2) is 94.2 Å². The van der Waals surface area contributed by atoms with Crippen LogP contribution < -0.4 is 14.2 Å². The van der Waals surface area contributed by atoms with Gasteiger partial charge in [-0.2, -0.15) is 0 Å². The van der Waals surface area contributed by atoms with Gasteiger partial charge in [0.05, 0.1) is 70.0 Å². The molecular weight excluding hydrogens is 1130 g/mol. The van der Waals surface area contributed by atoms with Crippen LogP contribution in [0.3, 0.4) is 0 Å². The van der Waals surface area contributed by atoms with Crippen LogP contribution >= 0.6 is 0 Å². The number of methoxy groups -OCH3 is 2. The van der Waals surface area contributed by atoms with Crippen LogP contribution in [0.2, 0.25) is 0 Å². The number of aryl methyl sites for hydroxylation is 6. The molecule has 2 aliphatic rings. The number of likely N-dealkylation sites (N-methyl/N-ethyl adjacent to an activating group) is 1. The number of H-pyrrole nitrogens is 2. The van der Waals surface area contributed by atoms with E-state index in [1.165, 1.54) is 32.4 Å². The van der Waals surface area contributed by atoms with E-state index in [1.54, 1.807) is 32.7 Å². The van der Waals surface area contributed by atoms with Crippen molar-refractivity contribution >= 4 is 86.1 Å². The lowest BCUT2D eigenvalue weighted by Gasteiger charge is -2.32. The second-order valence-corrected chi connectivity index (χ2v) is 21.8. The van der Waals surface area contributed by atoms with Crippen molar-refractivity contribution in [3.05, 3.63) is 125 Å². The average Bonchev–Trinajstić information content (AvgIpc) is 1.53. The van der Waals surface area contributed by atoms with Gasteiger partial charge in [-0.3, -0.25) is 19.6 Å². The summed E-state index contributed by atoms with van der Waals surface area (Å²) in [5, 5.41) is 20.6. The summed E-state index contributed by atoms with van der Waals surface area (Å²) in [5.41, 5.74) is 13.5. The second-order valence-electron chi connectivity index (χ2n) is 21.8. The first-order valence-corrected chi connectivity index (χ1v) is 29.6. The predicted octanol–water partition coefficient (Wildman–Crippen LogP) is 11.7. The van der Waals surface area contributed by atoms with Crippen LogP contribution in [0.5, 0.6) is 17.2 Å². The highest BCUT2D eigenvalue weighted by atomic mass is 16.5. The molecule has 0 atom stereocenters. The molecule has 14 rings (SSSR count). The molecule has 0 bridgehead atoms. The zero-order valence-corrected chi connectivity index (χ0v) is 52.3. The number of nitrogens with zero attached hydrogens (tertiary/aromatic N) is 11. The van der Waals surface area contributed by atoms with E-state index < -0.39 is 0 Å². The Morgan fingerprint density at radius 2 is 1.08 bits per heavy atom. The molecule has 457 valence electrons. The van der Waals surface area contributed by atoms with E-state index in [0.29, 0.717) is 76.5 Å². The molecule has 0 spiro atoms. The molecule has 1 radical (unpaired) electrons. The highest BCUT2D eigenvalue weighted by Gasteiger charge is 2.27. The van der Waals surface area contributed by atoms with Crippen molar-refractivity contribution in [1.29, 1.82) is 1.34 Å². The lowest BCUT2D eigenvalue weighted by molar-refractivity contribution is -0.120. The third kappa shape index (κ3) is 12.2. The van der Waals surface area contributed by atoms with Gasteiger partial charge in [-0.1, -0.05) is 48.8 Å². The maximum absolute atomic E-state index is 13.6. The van der Waals surface area contributed by atoms with Crippen LogP contribution in [0.1, 0.15) is 78.0 Å².